The largest absolute Gasteiger partial charge is 0.465 e. The maximum atomic E-state index is 12.2. The molecule has 6 nitrogen and oxygen atoms in total. The van der Waals surface area contributed by atoms with Crippen molar-refractivity contribution in [2.45, 2.75) is 23.1 Å². The molecule has 0 aliphatic carbocycles. The predicted octanol–water partition coefficient (Wildman–Crippen LogP) is 2.59. The summed E-state index contributed by atoms with van der Waals surface area (Å²) in [6, 6.07) is 14.3. The van der Waals surface area contributed by atoms with Gasteiger partial charge in [0, 0.05) is 17.9 Å². The number of carbonyl (C=O) groups is 3. The predicted molar refractivity (Wildman–Crippen MR) is 99.0 cm³/mol. The lowest BCUT2D eigenvalue weighted by molar-refractivity contribution is -0.124. The molecule has 0 spiro atoms. The summed E-state index contributed by atoms with van der Waals surface area (Å²) in [6.45, 7) is 0.329. The Labute approximate surface area is 155 Å². The van der Waals surface area contributed by atoms with Gasteiger partial charge in [0.2, 0.25) is 11.8 Å². The first-order valence-corrected chi connectivity index (χ1v) is 8.95. The molecular weight excluding hydrogens is 352 g/mol. The highest BCUT2D eigenvalue weighted by molar-refractivity contribution is 8.01. The van der Waals surface area contributed by atoms with E-state index < -0.39 is 11.2 Å². The number of rotatable bonds is 5. The monoisotopic (exact) mass is 370 g/mol. The number of amides is 2. The van der Waals surface area contributed by atoms with Crippen molar-refractivity contribution in [2.75, 3.05) is 12.4 Å². The molecule has 0 radical (unpaired) electrons. The molecule has 7 heteroatoms. The fraction of sp³-hybridized carbons (Fsp3) is 0.211. The second-order valence-corrected chi connectivity index (χ2v) is 7.01. The smallest absolute Gasteiger partial charge is 0.337 e. The quantitative estimate of drug-likeness (QED) is 0.791. The normalized spacial score (nSPS) is 15.6. The molecule has 26 heavy (non-hydrogen) atoms. The first-order chi connectivity index (χ1) is 12.6. The Kier molecular flexibility index (Phi) is 5.58. The summed E-state index contributed by atoms with van der Waals surface area (Å²) in [7, 11) is 1.33. The fourth-order valence-electron chi connectivity index (χ4n) is 2.54. The summed E-state index contributed by atoms with van der Waals surface area (Å²) in [4.78, 5) is 36.7. The lowest BCUT2D eigenvalue weighted by Crippen LogP contribution is -2.34. The molecule has 2 N–H and O–H groups in total. The zero-order valence-corrected chi connectivity index (χ0v) is 15.0. The Balaban J connectivity index is 1.53. The molecule has 1 aliphatic heterocycles. The van der Waals surface area contributed by atoms with Crippen molar-refractivity contribution in [1.82, 2.24) is 5.32 Å². The van der Waals surface area contributed by atoms with E-state index in [1.54, 1.807) is 24.3 Å². The summed E-state index contributed by atoms with van der Waals surface area (Å²) in [5.74, 6) is -0.762. The zero-order chi connectivity index (χ0) is 18.5. The Morgan fingerprint density at radius 1 is 1.15 bits per heavy atom. The molecule has 0 saturated carbocycles. The summed E-state index contributed by atoms with van der Waals surface area (Å²) < 4.78 is 4.65. The van der Waals surface area contributed by atoms with Crippen LogP contribution in [0, 0.1) is 0 Å². The number of methoxy groups -OCH3 is 1. The third-order valence-corrected chi connectivity index (χ3v) is 5.22. The summed E-state index contributed by atoms with van der Waals surface area (Å²) >= 11 is 1.40. The number of nitrogens with one attached hydrogen (secondary N) is 2. The maximum absolute atomic E-state index is 12.2. The number of esters is 1. The van der Waals surface area contributed by atoms with Gasteiger partial charge in [0.05, 0.1) is 23.6 Å². The van der Waals surface area contributed by atoms with Crippen molar-refractivity contribution in [3.8, 4) is 0 Å². The van der Waals surface area contributed by atoms with Crippen LogP contribution in [-0.4, -0.2) is 30.1 Å². The number of carbonyl (C=O) groups excluding carboxylic acids is 3. The molecule has 1 heterocycles. The number of ether oxygens (including phenoxy) is 1. The van der Waals surface area contributed by atoms with E-state index in [9.17, 15) is 14.4 Å². The number of para-hydroxylation sites is 1. The second kappa shape index (κ2) is 8.05. The molecule has 3 rings (SSSR count). The van der Waals surface area contributed by atoms with Crippen LogP contribution >= 0.6 is 11.8 Å². The van der Waals surface area contributed by atoms with Gasteiger partial charge in [0.1, 0.15) is 0 Å². The van der Waals surface area contributed by atoms with Crippen molar-refractivity contribution < 1.29 is 19.1 Å². The Bertz CT molecular complexity index is 836. The molecule has 0 aromatic heterocycles. The fourth-order valence-corrected chi connectivity index (χ4v) is 3.66. The number of fused-ring (bicyclic) bond motifs is 1. The molecule has 1 aliphatic rings. The van der Waals surface area contributed by atoms with E-state index in [2.05, 4.69) is 15.4 Å². The summed E-state index contributed by atoms with van der Waals surface area (Å²) in [5.41, 5.74) is 2.10. The van der Waals surface area contributed by atoms with Crippen molar-refractivity contribution in [1.29, 1.82) is 0 Å². The molecule has 2 aromatic rings. The minimum Gasteiger partial charge on any atom is -0.465 e. The van der Waals surface area contributed by atoms with E-state index in [0.29, 0.717) is 12.1 Å². The standard InChI is InChI=1S/C19H18N2O4S/c1-25-19(24)13-8-6-12(7-9-13)11-20-17(22)10-16-18(23)21-14-4-2-3-5-15(14)26-16/h2-9,16H,10-11H2,1H3,(H,20,22)(H,21,23)/t16-/m1/s1. The summed E-state index contributed by atoms with van der Waals surface area (Å²) in [5, 5.41) is 5.18. The molecule has 2 amide bonds. The van der Waals surface area contributed by atoms with Gasteiger partial charge in [-0.2, -0.15) is 0 Å². The highest BCUT2D eigenvalue weighted by Gasteiger charge is 2.28. The van der Waals surface area contributed by atoms with Crippen LogP contribution in [0.5, 0.6) is 0 Å². The molecule has 0 saturated heterocycles. The second-order valence-electron chi connectivity index (χ2n) is 5.76. The van der Waals surface area contributed by atoms with E-state index in [1.807, 2.05) is 24.3 Å². The molecule has 2 aromatic carbocycles. The highest BCUT2D eigenvalue weighted by Crippen LogP contribution is 2.36. The summed E-state index contributed by atoms with van der Waals surface area (Å²) in [6.07, 6.45) is 0.102. The molecular formula is C19H18N2O4S. The van der Waals surface area contributed by atoms with Gasteiger partial charge in [-0.05, 0) is 29.8 Å². The first kappa shape index (κ1) is 18.0. The minimum absolute atomic E-state index is 0.102. The van der Waals surface area contributed by atoms with Gasteiger partial charge in [-0.25, -0.2) is 4.79 Å². The molecule has 0 fully saturated rings. The topological polar surface area (TPSA) is 84.5 Å². The Hall–Kier alpha value is -2.80. The lowest BCUT2D eigenvalue weighted by Gasteiger charge is -2.23. The van der Waals surface area contributed by atoms with Crippen LogP contribution < -0.4 is 10.6 Å². The van der Waals surface area contributed by atoms with E-state index in [1.165, 1.54) is 18.9 Å². The molecule has 0 bridgehead atoms. The average Bonchev–Trinajstić information content (AvgIpc) is 2.66. The van der Waals surface area contributed by atoms with Crippen LogP contribution in [0.1, 0.15) is 22.3 Å². The van der Waals surface area contributed by atoms with Crippen LogP contribution in [0.2, 0.25) is 0 Å². The van der Waals surface area contributed by atoms with Gasteiger partial charge in [-0.3, -0.25) is 9.59 Å². The van der Waals surface area contributed by atoms with Gasteiger partial charge in [0.25, 0.3) is 0 Å². The van der Waals surface area contributed by atoms with Crippen LogP contribution in [-0.2, 0) is 20.9 Å². The van der Waals surface area contributed by atoms with Gasteiger partial charge in [0.15, 0.2) is 0 Å². The van der Waals surface area contributed by atoms with Crippen molar-refractivity contribution in [3.05, 3.63) is 59.7 Å². The van der Waals surface area contributed by atoms with Gasteiger partial charge < -0.3 is 15.4 Å². The van der Waals surface area contributed by atoms with E-state index >= 15 is 0 Å². The number of anilines is 1. The molecule has 134 valence electrons. The van der Waals surface area contributed by atoms with Crippen LogP contribution in [0.4, 0.5) is 5.69 Å². The zero-order valence-electron chi connectivity index (χ0n) is 14.2. The number of hydrogen-bond acceptors (Lipinski definition) is 5. The van der Waals surface area contributed by atoms with E-state index in [0.717, 1.165) is 16.1 Å². The number of hydrogen-bond donors (Lipinski definition) is 2. The minimum atomic E-state index is -0.452. The van der Waals surface area contributed by atoms with Crippen molar-refractivity contribution in [2.24, 2.45) is 0 Å². The van der Waals surface area contributed by atoms with Gasteiger partial charge in [-0.1, -0.05) is 24.3 Å². The Morgan fingerprint density at radius 3 is 2.62 bits per heavy atom. The van der Waals surface area contributed by atoms with Crippen molar-refractivity contribution >= 4 is 35.2 Å². The third-order valence-electron chi connectivity index (χ3n) is 3.94. The number of thioether (sulfide) groups is 1. The highest BCUT2D eigenvalue weighted by atomic mass is 32.2. The number of benzene rings is 2. The van der Waals surface area contributed by atoms with Crippen LogP contribution in [0.3, 0.4) is 0 Å². The maximum Gasteiger partial charge on any atom is 0.337 e. The third kappa shape index (κ3) is 4.23. The van der Waals surface area contributed by atoms with Gasteiger partial charge in [-0.15, -0.1) is 11.8 Å². The first-order valence-electron chi connectivity index (χ1n) is 8.07. The van der Waals surface area contributed by atoms with Crippen LogP contribution in [0.15, 0.2) is 53.4 Å². The van der Waals surface area contributed by atoms with Crippen molar-refractivity contribution in [3.63, 3.8) is 0 Å². The Morgan fingerprint density at radius 2 is 1.88 bits per heavy atom. The lowest BCUT2D eigenvalue weighted by atomic mass is 10.1. The molecule has 1 atom stereocenters. The average molecular weight is 370 g/mol. The van der Waals surface area contributed by atoms with E-state index in [4.69, 9.17) is 0 Å². The van der Waals surface area contributed by atoms with E-state index in [-0.39, 0.29) is 18.2 Å². The van der Waals surface area contributed by atoms with Gasteiger partial charge >= 0.3 is 5.97 Å². The SMILES string of the molecule is COC(=O)c1ccc(CNC(=O)C[C@H]2Sc3ccccc3NC2=O)cc1. The van der Waals surface area contributed by atoms with Crippen LogP contribution in [0.25, 0.3) is 0 Å². The molecule has 0 unspecified atom stereocenters.